The summed E-state index contributed by atoms with van der Waals surface area (Å²) in [5, 5.41) is 13.6. The molecule has 10 heteroatoms. The van der Waals surface area contributed by atoms with Crippen LogP contribution in [0.5, 0.6) is 0 Å². The number of fused-ring (bicyclic) bond motifs is 1. The molecule has 6 rings (SSSR count). The maximum absolute atomic E-state index is 13.4. The Morgan fingerprint density at radius 3 is 2.41 bits per heavy atom. The summed E-state index contributed by atoms with van der Waals surface area (Å²) in [6.07, 6.45) is 1.72. The van der Waals surface area contributed by atoms with Crippen molar-refractivity contribution in [1.29, 1.82) is 0 Å². The lowest BCUT2D eigenvalue weighted by atomic mass is 10.0. The van der Waals surface area contributed by atoms with E-state index >= 15 is 0 Å². The van der Waals surface area contributed by atoms with Crippen LogP contribution in [0.15, 0.2) is 124 Å². The number of aliphatic imine (C=N–C) groups is 1. The van der Waals surface area contributed by atoms with Gasteiger partial charge in [-0.15, -0.1) is 0 Å². The second-order valence-electron chi connectivity index (χ2n) is 9.75. The van der Waals surface area contributed by atoms with Crippen LogP contribution in [0.25, 0.3) is 28.2 Å². The average molecular weight is 664 g/mol. The molecule has 0 saturated carbocycles. The van der Waals surface area contributed by atoms with Gasteiger partial charge in [0.05, 0.1) is 28.2 Å². The van der Waals surface area contributed by atoms with Crippen molar-refractivity contribution in [1.82, 2.24) is 4.98 Å². The fourth-order valence-electron chi connectivity index (χ4n) is 4.70. The van der Waals surface area contributed by atoms with Crippen molar-refractivity contribution < 1.29 is 19.5 Å². The Balaban J connectivity index is 1.17. The quantitative estimate of drug-likeness (QED) is 0.175. The topological polar surface area (TPSA) is 112 Å². The number of aromatic carboxylic acids is 1. The molecule has 5 aromatic rings. The van der Waals surface area contributed by atoms with Gasteiger partial charge in [0.15, 0.2) is 5.17 Å². The van der Waals surface area contributed by atoms with Crippen molar-refractivity contribution in [3.8, 4) is 11.3 Å². The van der Waals surface area contributed by atoms with Crippen molar-refractivity contribution in [3.63, 3.8) is 0 Å². The number of hydrogen-bond donors (Lipinski definition) is 2. The maximum atomic E-state index is 13.4. The van der Waals surface area contributed by atoms with Crippen molar-refractivity contribution in [2.75, 3.05) is 16.0 Å². The molecule has 0 aliphatic carbocycles. The summed E-state index contributed by atoms with van der Waals surface area (Å²) >= 11 is 4.62. The number of nitrogens with zero attached hydrogens (tertiary/aromatic N) is 3. The van der Waals surface area contributed by atoms with Crippen molar-refractivity contribution >= 4 is 79.0 Å². The van der Waals surface area contributed by atoms with Crippen LogP contribution < -0.4 is 10.2 Å². The zero-order chi connectivity index (χ0) is 30.6. The van der Waals surface area contributed by atoms with Gasteiger partial charge in [-0.25, -0.2) is 14.8 Å². The lowest BCUT2D eigenvalue weighted by Gasteiger charge is -2.17. The standard InChI is InChI=1S/C34H23BrN4O4S/c35-23-8-6-7-21(17-23)18-30-32(41)39(25-9-2-1-3-10-25)34(38-30)44-20-31(40)36-24-15-13-22(14-16-24)29-19-27(33(42)43)26-11-4-5-12-28(26)37-29/h1-19H,20H2,(H,36,40)(H,42,43)/b30-18-. The lowest BCUT2D eigenvalue weighted by Crippen LogP contribution is -2.31. The van der Waals surface area contributed by atoms with Crippen molar-refractivity contribution in [2.24, 2.45) is 4.99 Å². The first-order valence-corrected chi connectivity index (χ1v) is 15.3. The third kappa shape index (κ3) is 6.31. The van der Waals surface area contributed by atoms with E-state index in [2.05, 4.69) is 31.2 Å². The Kier molecular flexibility index (Phi) is 8.36. The van der Waals surface area contributed by atoms with Crippen molar-refractivity contribution in [3.05, 3.63) is 130 Å². The first-order valence-electron chi connectivity index (χ1n) is 13.5. The van der Waals surface area contributed by atoms with E-state index in [1.54, 1.807) is 54.6 Å². The van der Waals surface area contributed by atoms with Crippen LogP contribution >= 0.6 is 27.7 Å². The molecule has 0 fully saturated rings. The number of amides is 2. The normalized spacial score (nSPS) is 13.8. The van der Waals surface area contributed by atoms with E-state index in [1.165, 1.54) is 16.7 Å². The number of anilines is 2. The Labute approximate surface area is 265 Å². The summed E-state index contributed by atoms with van der Waals surface area (Å²) in [6, 6.07) is 32.4. The predicted molar refractivity (Wildman–Crippen MR) is 179 cm³/mol. The third-order valence-corrected chi connectivity index (χ3v) is 8.17. The van der Waals surface area contributed by atoms with E-state index in [9.17, 15) is 19.5 Å². The molecule has 216 valence electrons. The van der Waals surface area contributed by atoms with Crippen LogP contribution in [-0.4, -0.2) is 38.8 Å². The minimum atomic E-state index is -1.03. The number of halogens is 1. The molecule has 0 unspecified atom stereocenters. The molecule has 1 aliphatic heterocycles. The number of aromatic nitrogens is 1. The molecule has 0 atom stereocenters. The predicted octanol–water partition coefficient (Wildman–Crippen LogP) is 7.48. The van der Waals surface area contributed by atoms with Crippen LogP contribution in [0, 0.1) is 0 Å². The van der Waals surface area contributed by atoms with Gasteiger partial charge in [-0.05, 0) is 60.2 Å². The zero-order valence-corrected chi connectivity index (χ0v) is 25.4. The van der Waals surface area contributed by atoms with Crippen LogP contribution in [0.1, 0.15) is 15.9 Å². The summed E-state index contributed by atoms with van der Waals surface area (Å²) in [6.45, 7) is 0. The van der Waals surface area contributed by atoms with E-state index in [1.807, 2.05) is 60.7 Å². The number of nitrogens with one attached hydrogen (secondary N) is 1. The highest BCUT2D eigenvalue weighted by molar-refractivity contribution is 9.10. The number of para-hydroxylation sites is 2. The van der Waals surface area contributed by atoms with Gasteiger partial charge < -0.3 is 10.4 Å². The van der Waals surface area contributed by atoms with E-state index < -0.39 is 5.97 Å². The molecule has 8 nitrogen and oxygen atoms in total. The minimum absolute atomic E-state index is 0.0234. The lowest BCUT2D eigenvalue weighted by molar-refractivity contribution is -0.114. The molecule has 0 spiro atoms. The highest BCUT2D eigenvalue weighted by Gasteiger charge is 2.32. The molecule has 4 aromatic carbocycles. The maximum Gasteiger partial charge on any atom is 0.336 e. The number of carboxylic acid groups (broad SMARTS) is 1. The Morgan fingerprint density at radius 1 is 0.909 bits per heavy atom. The molecular weight excluding hydrogens is 640 g/mol. The molecule has 0 saturated heterocycles. The Hall–Kier alpha value is -5.06. The van der Waals surface area contributed by atoms with Gasteiger partial charge in [-0.2, -0.15) is 0 Å². The average Bonchev–Trinajstić information content (AvgIpc) is 3.34. The van der Waals surface area contributed by atoms with E-state index in [0.29, 0.717) is 38.7 Å². The number of carboxylic acids is 1. The van der Waals surface area contributed by atoms with Crippen LogP contribution in [0.4, 0.5) is 11.4 Å². The molecule has 2 amide bonds. The number of hydrogen-bond acceptors (Lipinski definition) is 6. The van der Waals surface area contributed by atoms with Gasteiger partial charge in [0.25, 0.3) is 5.91 Å². The molecule has 0 bridgehead atoms. The number of thioether (sulfide) groups is 1. The van der Waals surface area contributed by atoms with Gasteiger partial charge in [0.2, 0.25) is 5.91 Å². The third-order valence-electron chi connectivity index (χ3n) is 6.74. The second kappa shape index (κ2) is 12.7. The molecule has 2 N–H and O–H groups in total. The fourth-order valence-corrected chi connectivity index (χ4v) is 5.93. The number of pyridine rings is 1. The number of carbonyl (C=O) groups is 3. The highest BCUT2D eigenvalue weighted by Crippen LogP contribution is 2.30. The Bertz CT molecular complexity index is 1980. The number of benzene rings is 4. The van der Waals surface area contributed by atoms with Gasteiger partial charge >= 0.3 is 5.97 Å². The van der Waals surface area contributed by atoms with E-state index in [-0.39, 0.29) is 28.8 Å². The van der Waals surface area contributed by atoms with Gasteiger partial charge in [0, 0.05) is 21.1 Å². The summed E-state index contributed by atoms with van der Waals surface area (Å²) < 4.78 is 0.888. The molecule has 1 aromatic heterocycles. The largest absolute Gasteiger partial charge is 0.478 e. The zero-order valence-electron chi connectivity index (χ0n) is 23.0. The summed E-state index contributed by atoms with van der Waals surface area (Å²) in [7, 11) is 0. The number of rotatable bonds is 7. The van der Waals surface area contributed by atoms with Gasteiger partial charge in [0.1, 0.15) is 5.70 Å². The SMILES string of the molecule is O=C(CSC1=N/C(=C\c2cccc(Br)c2)C(=O)N1c1ccccc1)Nc1ccc(-c2cc(C(=O)O)c3ccccc3n2)cc1. The molecule has 1 aliphatic rings. The van der Waals surface area contributed by atoms with Crippen molar-refractivity contribution in [2.45, 2.75) is 0 Å². The number of carbonyl (C=O) groups excluding carboxylic acids is 2. The second-order valence-corrected chi connectivity index (χ2v) is 11.6. The van der Waals surface area contributed by atoms with Crippen LogP contribution in [-0.2, 0) is 9.59 Å². The van der Waals surface area contributed by atoms with Gasteiger partial charge in [-0.1, -0.05) is 88.4 Å². The fraction of sp³-hybridized carbons (Fsp3) is 0.0294. The molecule has 0 radical (unpaired) electrons. The first-order chi connectivity index (χ1) is 21.4. The molecule has 44 heavy (non-hydrogen) atoms. The molecular formula is C34H23BrN4O4S. The summed E-state index contributed by atoms with van der Waals surface area (Å²) in [5.74, 6) is -1.55. The molecule has 2 heterocycles. The highest BCUT2D eigenvalue weighted by atomic mass is 79.9. The van der Waals surface area contributed by atoms with E-state index in [4.69, 9.17) is 0 Å². The Morgan fingerprint density at radius 2 is 1.66 bits per heavy atom. The minimum Gasteiger partial charge on any atom is -0.478 e. The monoisotopic (exact) mass is 662 g/mol. The van der Waals surface area contributed by atoms with E-state index in [0.717, 1.165) is 10.0 Å². The first kappa shape index (κ1) is 29.0. The smallest absolute Gasteiger partial charge is 0.336 e. The summed E-state index contributed by atoms with van der Waals surface area (Å²) in [4.78, 5) is 48.9. The van der Waals surface area contributed by atoms with Gasteiger partial charge in [-0.3, -0.25) is 14.5 Å². The summed E-state index contributed by atoms with van der Waals surface area (Å²) in [5.41, 5.74) is 4.32. The number of amidine groups is 1. The van der Waals surface area contributed by atoms with Crippen LogP contribution in [0.3, 0.4) is 0 Å². The van der Waals surface area contributed by atoms with Crippen LogP contribution in [0.2, 0.25) is 0 Å².